The third-order valence-electron chi connectivity index (χ3n) is 3.95. The molecule has 2 aromatic heterocycles. The van der Waals surface area contributed by atoms with E-state index in [4.69, 9.17) is 0 Å². The van der Waals surface area contributed by atoms with E-state index >= 15 is 0 Å². The van der Waals surface area contributed by atoms with Gasteiger partial charge in [0.2, 0.25) is 0 Å². The molecule has 0 spiro atoms. The standard InChI is InChI=1S/C15H19N3OS/c1-5-18(4)15(19)12-8(2)11-9(3)16-13(10-6-7-10)17-14(11)20-12/h10H,5-7H2,1-4H3. The Bertz CT molecular complexity index is 688. The Labute approximate surface area is 122 Å². The van der Waals surface area contributed by atoms with E-state index in [1.165, 1.54) is 24.2 Å². The van der Waals surface area contributed by atoms with Gasteiger partial charge in [-0.05, 0) is 39.2 Å². The van der Waals surface area contributed by atoms with E-state index in [0.717, 1.165) is 32.2 Å². The fraction of sp³-hybridized carbons (Fsp3) is 0.533. The molecule has 2 heterocycles. The van der Waals surface area contributed by atoms with Crippen molar-refractivity contribution in [2.75, 3.05) is 13.6 Å². The molecule has 1 aliphatic carbocycles. The Kier molecular flexibility index (Phi) is 3.24. The number of carbonyl (C=O) groups is 1. The van der Waals surface area contributed by atoms with E-state index in [1.54, 1.807) is 4.90 Å². The summed E-state index contributed by atoms with van der Waals surface area (Å²) >= 11 is 1.51. The van der Waals surface area contributed by atoms with Gasteiger partial charge in [-0.25, -0.2) is 9.97 Å². The van der Waals surface area contributed by atoms with E-state index in [-0.39, 0.29) is 5.91 Å². The molecule has 0 aliphatic heterocycles. The molecule has 0 saturated heterocycles. The molecule has 1 fully saturated rings. The van der Waals surface area contributed by atoms with Crippen molar-refractivity contribution in [3.8, 4) is 0 Å². The molecule has 4 nitrogen and oxygen atoms in total. The van der Waals surface area contributed by atoms with Crippen LogP contribution in [-0.2, 0) is 0 Å². The quantitative estimate of drug-likeness (QED) is 0.871. The van der Waals surface area contributed by atoms with Crippen molar-refractivity contribution in [3.05, 3.63) is 22.0 Å². The average molecular weight is 289 g/mol. The number of fused-ring (bicyclic) bond motifs is 1. The minimum atomic E-state index is 0.0837. The maximum atomic E-state index is 12.4. The van der Waals surface area contributed by atoms with Crippen LogP contribution in [0.1, 0.15) is 52.4 Å². The number of rotatable bonds is 3. The van der Waals surface area contributed by atoms with Gasteiger partial charge in [-0.1, -0.05) is 0 Å². The number of aryl methyl sites for hydroxylation is 2. The van der Waals surface area contributed by atoms with Crippen molar-refractivity contribution in [3.63, 3.8) is 0 Å². The summed E-state index contributed by atoms with van der Waals surface area (Å²) in [6, 6.07) is 0. The lowest BCUT2D eigenvalue weighted by atomic mass is 10.1. The van der Waals surface area contributed by atoms with E-state index in [2.05, 4.69) is 9.97 Å². The van der Waals surface area contributed by atoms with Crippen molar-refractivity contribution in [2.24, 2.45) is 0 Å². The van der Waals surface area contributed by atoms with E-state index in [9.17, 15) is 4.79 Å². The van der Waals surface area contributed by atoms with Gasteiger partial charge in [0.25, 0.3) is 5.91 Å². The van der Waals surface area contributed by atoms with Crippen LogP contribution in [0.5, 0.6) is 0 Å². The Morgan fingerprint density at radius 2 is 2.05 bits per heavy atom. The highest BCUT2D eigenvalue weighted by atomic mass is 32.1. The highest BCUT2D eigenvalue weighted by Crippen LogP contribution is 2.40. The lowest BCUT2D eigenvalue weighted by molar-refractivity contribution is 0.0806. The van der Waals surface area contributed by atoms with Gasteiger partial charge in [-0.3, -0.25) is 4.79 Å². The molecule has 3 rings (SSSR count). The summed E-state index contributed by atoms with van der Waals surface area (Å²) in [5.74, 6) is 1.58. The molecule has 106 valence electrons. The Morgan fingerprint density at radius 3 is 2.65 bits per heavy atom. The van der Waals surface area contributed by atoms with Crippen molar-refractivity contribution >= 4 is 27.5 Å². The predicted molar refractivity (Wildman–Crippen MR) is 81.5 cm³/mol. The molecular formula is C15H19N3OS. The molecule has 2 aromatic rings. The summed E-state index contributed by atoms with van der Waals surface area (Å²) in [5, 5.41) is 1.06. The predicted octanol–water partition coefficient (Wildman–Crippen LogP) is 3.28. The van der Waals surface area contributed by atoms with Crippen LogP contribution in [0.2, 0.25) is 0 Å². The van der Waals surface area contributed by atoms with Crippen LogP contribution in [0.15, 0.2) is 0 Å². The second-order valence-electron chi connectivity index (χ2n) is 5.50. The first-order chi connectivity index (χ1) is 9.52. The summed E-state index contributed by atoms with van der Waals surface area (Å²) in [6.45, 7) is 6.72. The molecule has 5 heteroatoms. The molecule has 0 aromatic carbocycles. The highest BCUT2D eigenvalue weighted by molar-refractivity contribution is 7.20. The molecule has 0 atom stereocenters. The van der Waals surface area contributed by atoms with Gasteiger partial charge in [0.05, 0.1) is 10.6 Å². The number of hydrogen-bond acceptors (Lipinski definition) is 4. The molecule has 1 saturated carbocycles. The van der Waals surface area contributed by atoms with Gasteiger partial charge in [0.15, 0.2) is 0 Å². The number of amides is 1. The fourth-order valence-corrected chi connectivity index (χ4v) is 3.64. The second-order valence-corrected chi connectivity index (χ2v) is 6.50. The number of nitrogens with zero attached hydrogens (tertiary/aromatic N) is 3. The van der Waals surface area contributed by atoms with E-state index < -0.39 is 0 Å². The number of aromatic nitrogens is 2. The zero-order chi connectivity index (χ0) is 14.4. The molecule has 1 amide bonds. The Morgan fingerprint density at radius 1 is 1.35 bits per heavy atom. The van der Waals surface area contributed by atoms with Crippen LogP contribution in [0.3, 0.4) is 0 Å². The van der Waals surface area contributed by atoms with Crippen LogP contribution in [-0.4, -0.2) is 34.4 Å². The zero-order valence-electron chi connectivity index (χ0n) is 12.4. The van der Waals surface area contributed by atoms with Crippen molar-refractivity contribution < 1.29 is 4.79 Å². The van der Waals surface area contributed by atoms with Crippen molar-refractivity contribution in [1.82, 2.24) is 14.9 Å². The smallest absolute Gasteiger partial charge is 0.264 e. The first kappa shape index (κ1) is 13.5. The maximum absolute atomic E-state index is 12.4. The monoisotopic (exact) mass is 289 g/mol. The molecule has 20 heavy (non-hydrogen) atoms. The van der Waals surface area contributed by atoms with Crippen molar-refractivity contribution in [2.45, 2.75) is 39.5 Å². The first-order valence-electron chi connectivity index (χ1n) is 7.06. The van der Waals surface area contributed by atoms with E-state index in [0.29, 0.717) is 12.5 Å². The summed E-state index contributed by atoms with van der Waals surface area (Å²) < 4.78 is 0. The third kappa shape index (κ3) is 2.10. The van der Waals surface area contributed by atoms with Gasteiger partial charge in [0.1, 0.15) is 10.7 Å². The Hall–Kier alpha value is -1.49. The van der Waals surface area contributed by atoms with Gasteiger partial charge < -0.3 is 4.90 Å². The first-order valence-corrected chi connectivity index (χ1v) is 7.87. The topological polar surface area (TPSA) is 46.1 Å². The largest absolute Gasteiger partial charge is 0.341 e. The maximum Gasteiger partial charge on any atom is 0.264 e. The number of carbonyl (C=O) groups excluding carboxylic acids is 1. The van der Waals surface area contributed by atoms with Crippen LogP contribution in [0.25, 0.3) is 10.2 Å². The van der Waals surface area contributed by atoms with Crippen LogP contribution in [0, 0.1) is 13.8 Å². The normalized spacial score (nSPS) is 14.8. The van der Waals surface area contributed by atoms with E-state index in [1.807, 2.05) is 27.8 Å². The van der Waals surface area contributed by atoms with Gasteiger partial charge in [0, 0.05) is 24.9 Å². The molecule has 0 radical (unpaired) electrons. The molecule has 1 aliphatic rings. The lowest BCUT2D eigenvalue weighted by Crippen LogP contribution is -2.25. The lowest BCUT2D eigenvalue weighted by Gasteiger charge is -2.13. The van der Waals surface area contributed by atoms with Gasteiger partial charge in [-0.2, -0.15) is 0 Å². The van der Waals surface area contributed by atoms with Crippen LogP contribution < -0.4 is 0 Å². The highest BCUT2D eigenvalue weighted by Gasteiger charge is 2.28. The molecular weight excluding hydrogens is 270 g/mol. The summed E-state index contributed by atoms with van der Waals surface area (Å²) in [4.78, 5) is 25.2. The van der Waals surface area contributed by atoms with Gasteiger partial charge in [-0.15, -0.1) is 11.3 Å². The average Bonchev–Trinajstić information content (AvgIpc) is 3.22. The summed E-state index contributed by atoms with van der Waals surface area (Å²) in [5.41, 5.74) is 2.03. The van der Waals surface area contributed by atoms with Crippen LogP contribution in [0.4, 0.5) is 0 Å². The third-order valence-corrected chi connectivity index (χ3v) is 5.12. The molecule has 0 unspecified atom stereocenters. The molecule has 0 bridgehead atoms. The summed E-state index contributed by atoms with van der Waals surface area (Å²) in [6.07, 6.45) is 2.39. The number of thiophene rings is 1. The Balaban J connectivity index is 2.13. The SMILES string of the molecule is CCN(C)C(=O)c1sc2nc(C3CC3)nc(C)c2c1C. The zero-order valence-corrected chi connectivity index (χ0v) is 13.2. The van der Waals surface area contributed by atoms with Gasteiger partial charge >= 0.3 is 0 Å². The summed E-state index contributed by atoms with van der Waals surface area (Å²) in [7, 11) is 1.83. The molecule has 0 N–H and O–H groups in total. The van der Waals surface area contributed by atoms with Crippen molar-refractivity contribution in [1.29, 1.82) is 0 Å². The van der Waals surface area contributed by atoms with Crippen LogP contribution >= 0.6 is 11.3 Å². The second kappa shape index (κ2) is 4.81. The number of hydrogen-bond donors (Lipinski definition) is 0. The minimum Gasteiger partial charge on any atom is -0.341 e. The fourth-order valence-electron chi connectivity index (χ4n) is 2.40. The minimum absolute atomic E-state index is 0.0837.